The normalized spacial score (nSPS) is 10.0. The van der Waals surface area contributed by atoms with Crippen molar-refractivity contribution in [2.24, 2.45) is 0 Å². The Morgan fingerprint density at radius 3 is 2.33 bits per heavy atom. The summed E-state index contributed by atoms with van der Waals surface area (Å²) >= 11 is 6.08. The van der Waals surface area contributed by atoms with Gasteiger partial charge in [0.2, 0.25) is 0 Å². The monoisotopic (exact) mass is 422 g/mol. The van der Waals surface area contributed by atoms with Gasteiger partial charge in [-0.2, -0.15) is 5.26 Å². The van der Waals surface area contributed by atoms with Crippen molar-refractivity contribution in [2.75, 3.05) is 19.0 Å². The maximum absolute atomic E-state index is 12.4. The SMILES string of the molecule is COc1ccc(Oc2ccc(Cl)cc2NC(=O)COc2ccc(CC#N)cc2)cc1. The molecule has 152 valence electrons. The molecule has 0 aliphatic rings. The number of nitrogens with one attached hydrogen (secondary N) is 1. The Labute approximate surface area is 179 Å². The van der Waals surface area contributed by atoms with Crippen LogP contribution in [0.25, 0.3) is 0 Å². The summed E-state index contributed by atoms with van der Waals surface area (Å²) in [6.07, 6.45) is 0.326. The van der Waals surface area contributed by atoms with Crippen LogP contribution in [0.15, 0.2) is 66.7 Å². The average Bonchev–Trinajstić information content (AvgIpc) is 2.76. The van der Waals surface area contributed by atoms with Crippen LogP contribution in [0.3, 0.4) is 0 Å². The van der Waals surface area contributed by atoms with Crippen LogP contribution >= 0.6 is 11.6 Å². The van der Waals surface area contributed by atoms with E-state index in [9.17, 15) is 4.79 Å². The lowest BCUT2D eigenvalue weighted by Gasteiger charge is -2.13. The van der Waals surface area contributed by atoms with Crippen LogP contribution in [-0.4, -0.2) is 19.6 Å². The van der Waals surface area contributed by atoms with E-state index in [4.69, 9.17) is 31.1 Å². The van der Waals surface area contributed by atoms with Crippen molar-refractivity contribution in [1.29, 1.82) is 5.26 Å². The Morgan fingerprint density at radius 1 is 1.00 bits per heavy atom. The largest absolute Gasteiger partial charge is 0.497 e. The van der Waals surface area contributed by atoms with Crippen molar-refractivity contribution >= 4 is 23.2 Å². The molecule has 1 amide bonds. The van der Waals surface area contributed by atoms with E-state index in [1.54, 1.807) is 73.8 Å². The molecule has 0 atom stereocenters. The highest BCUT2D eigenvalue weighted by Crippen LogP contribution is 2.32. The summed E-state index contributed by atoms with van der Waals surface area (Å²) < 4.78 is 16.5. The van der Waals surface area contributed by atoms with Crippen LogP contribution in [0.5, 0.6) is 23.0 Å². The zero-order valence-electron chi connectivity index (χ0n) is 16.2. The van der Waals surface area contributed by atoms with E-state index in [2.05, 4.69) is 11.4 Å². The number of hydrogen-bond acceptors (Lipinski definition) is 5. The van der Waals surface area contributed by atoms with Gasteiger partial charge in [0.15, 0.2) is 12.4 Å². The number of nitrogens with zero attached hydrogens (tertiary/aromatic N) is 1. The van der Waals surface area contributed by atoms with E-state index in [1.807, 2.05) is 0 Å². The highest BCUT2D eigenvalue weighted by molar-refractivity contribution is 6.31. The number of anilines is 1. The molecule has 0 spiro atoms. The molecule has 1 N–H and O–H groups in total. The second-order valence-electron chi connectivity index (χ2n) is 6.23. The topological polar surface area (TPSA) is 80.6 Å². The lowest BCUT2D eigenvalue weighted by Crippen LogP contribution is -2.20. The highest BCUT2D eigenvalue weighted by atomic mass is 35.5. The standard InChI is InChI=1S/C23H19ClN2O4/c1-28-18-7-9-20(10-8-18)30-22-11-4-17(24)14-21(22)26-23(27)15-29-19-5-2-16(3-6-19)12-13-25/h2-11,14H,12,15H2,1H3,(H,26,27). The first-order valence-corrected chi connectivity index (χ1v) is 9.45. The van der Waals surface area contributed by atoms with E-state index >= 15 is 0 Å². The van der Waals surface area contributed by atoms with Crippen molar-refractivity contribution < 1.29 is 19.0 Å². The molecule has 0 saturated heterocycles. The number of rotatable bonds is 8. The van der Waals surface area contributed by atoms with Crippen molar-refractivity contribution in [3.63, 3.8) is 0 Å². The molecule has 3 aromatic rings. The molecule has 3 aromatic carbocycles. The Kier molecular flexibility index (Phi) is 7.14. The Morgan fingerprint density at radius 2 is 1.67 bits per heavy atom. The van der Waals surface area contributed by atoms with E-state index < -0.39 is 0 Å². The van der Waals surface area contributed by atoms with Gasteiger partial charge in [-0.15, -0.1) is 0 Å². The highest BCUT2D eigenvalue weighted by Gasteiger charge is 2.11. The maximum atomic E-state index is 12.4. The van der Waals surface area contributed by atoms with Crippen molar-refractivity contribution in [1.82, 2.24) is 0 Å². The fraction of sp³-hybridized carbons (Fsp3) is 0.130. The van der Waals surface area contributed by atoms with Crippen LogP contribution in [-0.2, 0) is 11.2 Å². The van der Waals surface area contributed by atoms with Crippen molar-refractivity contribution in [3.8, 4) is 29.1 Å². The lowest BCUT2D eigenvalue weighted by atomic mass is 10.2. The minimum Gasteiger partial charge on any atom is -0.497 e. The molecule has 0 fully saturated rings. The number of hydrogen-bond donors (Lipinski definition) is 1. The minimum atomic E-state index is -0.363. The predicted octanol–water partition coefficient (Wildman–Crippen LogP) is 5.22. The molecule has 0 radical (unpaired) electrons. The second kappa shape index (κ2) is 10.2. The van der Waals surface area contributed by atoms with E-state index in [0.29, 0.717) is 40.1 Å². The second-order valence-corrected chi connectivity index (χ2v) is 6.67. The lowest BCUT2D eigenvalue weighted by molar-refractivity contribution is -0.118. The molecule has 6 nitrogen and oxygen atoms in total. The van der Waals surface area contributed by atoms with Gasteiger partial charge in [0.25, 0.3) is 5.91 Å². The zero-order valence-corrected chi connectivity index (χ0v) is 17.0. The average molecular weight is 423 g/mol. The van der Waals surface area contributed by atoms with Gasteiger partial charge in [-0.1, -0.05) is 23.7 Å². The number of amides is 1. The number of nitriles is 1. The fourth-order valence-electron chi connectivity index (χ4n) is 2.59. The maximum Gasteiger partial charge on any atom is 0.262 e. The number of carbonyl (C=O) groups is 1. The van der Waals surface area contributed by atoms with Gasteiger partial charge < -0.3 is 19.5 Å². The molecule has 0 aromatic heterocycles. The van der Waals surface area contributed by atoms with Crippen molar-refractivity contribution in [3.05, 3.63) is 77.3 Å². The smallest absolute Gasteiger partial charge is 0.262 e. The number of benzene rings is 3. The van der Waals surface area contributed by atoms with Gasteiger partial charge in [-0.05, 0) is 60.2 Å². The molecule has 0 heterocycles. The van der Waals surface area contributed by atoms with Gasteiger partial charge in [0, 0.05) is 5.02 Å². The third-order valence-electron chi connectivity index (χ3n) is 4.08. The first-order chi connectivity index (χ1) is 14.6. The third-order valence-corrected chi connectivity index (χ3v) is 4.31. The summed E-state index contributed by atoms with van der Waals surface area (Å²) in [7, 11) is 1.59. The van der Waals surface area contributed by atoms with Crippen LogP contribution in [0.2, 0.25) is 5.02 Å². The molecular formula is C23H19ClN2O4. The van der Waals surface area contributed by atoms with Gasteiger partial charge >= 0.3 is 0 Å². The molecule has 30 heavy (non-hydrogen) atoms. The fourth-order valence-corrected chi connectivity index (χ4v) is 2.76. The van der Waals surface area contributed by atoms with Gasteiger partial charge in [-0.25, -0.2) is 0 Å². The first-order valence-electron chi connectivity index (χ1n) is 9.07. The van der Waals surface area contributed by atoms with Crippen LogP contribution in [0.1, 0.15) is 5.56 Å². The van der Waals surface area contributed by atoms with Gasteiger partial charge in [0.05, 0.1) is 25.3 Å². The number of ether oxygens (including phenoxy) is 3. The number of methoxy groups -OCH3 is 1. The zero-order chi connectivity index (χ0) is 21.3. The minimum absolute atomic E-state index is 0.188. The first kappa shape index (κ1) is 21.0. The molecule has 3 rings (SSSR count). The summed E-state index contributed by atoms with van der Waals surface area (Å²) in [5.74, 6) is 1.91. The number of halogens is 1. The van der Waals surface area contributed by atoms with Crippen LogP contribution in [0.4, 0.5) is 5.69 Å². The van der Waals surface area contributed by atoms with E-state index in [-0.39, 0.29) is 12.5 Å². The summed E-state index contributed by atoms with van der Waals surface area (Å²) in [5, 5.41) is 11.9. The third kappa shape index (κ3) is 5.90. The molecule has 7 heteroatoms. The van der Waals surface area contributed by atoms with Crippen molar-refractivity contribution in [2.45, 2.75) is 6.42 Å². The van der Waals surface area contributed by atoms with Gasteiger partial charge in [-0.3, -0.25) is 4.79 Å². The Hall–Kier alpha value is -3.69. The molecule has 0 unspecified atom stereocenters. The summed E-state index contributed by atoms with van der Waals surface area (Å²) in [5.41, 5.74) is 1.31. The molecular weight excluding hydrogens is 404 g/mol. The summed E-state index contributed by atoms with van der Waals surface area (Å²) in [6.45, 7) is -0.188. The Balaban J connectivity index is 1.63. The van der Waals surface area contributed by atoms with Gasteiger partial charge in [0.1, 0.15) is 17.2 Å². The summed E-state index contributed by atoms with van der Waals surface area (Å²) in [6, 6.07) is 21.1. The van der Waals surface area contributed by atoms with Crippen LogP contribution < -0.4 is 19.5 Å². The predicted molar refractivity (Wildman–Crippen MR) is 114 cm³/mol. The van der Waals surface area contributed by atoms with Crippen LogP contribution in [0, 0.1) is 11.3 Å². The Bertz CT molecular complexity index is 1040. The molecule has 0 bridgehead atoms. The molecule has 0 aliphatic carbocycles. The molecule has 0 aliphatic heterocycles. The molecule has 0 saturated carbocycles. The van der Waals surface area contributed by atoms with E-state index in [0.717, 1.165) is 5.56 Å². The summed E-state index contributed by atoms with van der Waals surface area (Å²) in [4.78, 5) is 12.4. The number of carbonyl (C=O) groups excluding carboxylic acids is 1. The van der Waals surface area contributed by atoms with E-state index in [1.165, 1.54) is 0 Å². The quantitative estimate of drug-likeness (QED) is 0.538.